The molecule has 1 fully saturated rings. The molecule has 6 nitrogen and oxygen atoms in total. The average Bonchev–Trinajstić information content (AvgIpc) is 2.92. The zero-order valence-electron chi connectivity index (χ0n) is 11.8. The molecule has 2 amide bonds. The van der Waals surface area contributed by atoms with Gasteiger partial charge in [-0.1, -0.05) is 0 Å². The number of methoxy groups -OCH3 is 1. The monoisotopic (exact) mass is 331 g/mol. The van der Waals surface area contributed by atoms with Gasteiger partial charge in [0.15, 0.2) is 0 Å². The molecule has 0 aromatic heterocycles. The second kappa shape index (κ2) is 8.11. The van der Waals surface area contributed by atoms with Crippen molar-refractivity contribution in [1.82, 2.24) is 5.32 Å². The number of thioether (sulfide) groups is 1. The quantitative estimate of drug-likeness (QED) is 0.782. The molecule has 3 N–H and O–H groups in total. The third kappa shape index (κ3) is 4.80. The maximum absolute atomic E-state index is 12.0. The summed E-state index contributed by atoms with van der Waals surface area (Å²) in [4.78, 5) is 23.2. The van der Waals surface area contributed by atoms with E-state index >= 15 is 0 Å². The number of halogens is 1. The van der Waals surface area contributed by atoms with Gasteiger partial charge in [-0.2, -0.15) is 0 Å². The van der Waals surface area contributed by atoms with Crippen LogP contribution in [0.5, 0.6) is 5.75 Å². The van der Waals surface area contributed by atoms with E-state index in [2.05, 4.69) is 16.0 Å². The number of anilines is 2. The smallest absolute Gasteiger partial charge is 0.242 e. The van der Waals surface area contributed by atoms with Gasteiger partial charge in [-0.15, -0.1) is 24.2 Å². The Morgan fingerprint density at radius 3 is 2.71 bits per heavy atom. The second-order valence-electron chi connectivity index (χ2n) is 4.36. The molecule has 1 saturated heterocycles. The Morgan fingerprint density at radius 2 is 2.14 bits per heavy atom. The van der Waals surface area contributed by atoms with Crippen molar-refractivity contribution in [2.45, 2.75) is 13.0 Å². The van der Waals surface area contributed by atoms with E-state index in [1.165, 1.54) is 14.0 Å². The van der Waals surface area contributed by atoms with Crippen molar-refractivity contribution in [3.8, 4) is 5.75 Å². The fourth-order valence-corrected chi connectivity index (χ4v) is 2.81. The minimum Gasteiger partial charge on any atom is -0.495 e. The molecule has 8 heteroatoms. The molecule has 0 aliphatic carbocycles. The molecule has 1 aromatic carbocycles. The van der Waals surface area contributed by atoms with E-state index < -0.39 is 0 Å². The Morgan fingerprint density at radius 1 is 1.38 bits per heavy atom. The number of rotatable bonds is 4. The summed E-state index contributed by atoms with van der Waals surface area (Å²) in [5.41, 5.74) is 1.16. The van der Waals surface area contributed by atoms with E-state index in [1.54, 1.807) is 30.0 Å². The van der Waals surface area contributed by atoms with Gasteiger partial charge in [0.05, 0.1) is 18.8 Å². The van der Waals surface area contributed by atoms with Crippen LogP contribution in [0.2, 0.25) is 0 Å². The maximum atomic E-state index is 12.0. The van der Waals surface area contributed by atoms with Gasteiger partial charge in [0.2, 0.25) is 11.8 Å². The molecule has 1 aliphatic rings. The first-order valence-corrected chi connectivity index (χ1v) is 7.33. The molecule has 1 aliphatic heterocycles. The summed E-state index contributed by atoms with van der Waals surface area (Å²) in [7, 11) is 1.53. The lowest BCUT2D eigenvalue weighted by atomic mass is 10.2. The van der Waals surface area contributed by atoms with Crippen molar-refractivity contribution in [2.24, 2.45) is 0 Å². The lowest BCUT2D eigenvalue weighted by Gasteiger charge is -2.14. The SMILES string of the molecule is COc1ccc(NC(=O)C2CSCN2)cc1NC(C)=O.Cl. The second-order valence-corrected chi connectivity index (χ2v) is 5.39. The lowest BCUT2D eigenvalue weighted by molar-refractivity contribution is -0.117. The van der Waals surface area contributed by atoms with Gasteiger partial charge in [-0.3, -0.25) is 14.9 Å². The van der Waals surface area contributed by atoms with Crippen molar-refractivity contribution in [1.29, 1.82) is 0 Å². The van der Waals surface area contributed by atoms with Gasteiger partial charge in [0.25, 0.3) is 0 Å². The van der Waals surface area contributed by atoms with Crippen LogP contribution in [0.3, 0.4) is 0 Å². The van der Waals surface area contributed by atoms with Gasteiger partial charge in [-0.25, -0.2) is 0 Å². The molecule has 0 spiro atoms. The number of amides is 2. The van der Waals surface area contributed by atoms with Crippen LogP contribution in [-0.2, 0) is 9.59 Å². The first-order valence-electron chi connectivity index (χ1n) is 6.18. The summed E-state index contributed by atoms with van der Waals surface area (Å²) in [5, 5.41) is 8.60. The topological polar surface area (TPSA) is 79.5 Å². The van der Waals surface area contributed by atoms with Crippen LogP contribution in [0.15, 0.2) is 18.2 Å². The molecule has 0 bridgehead atoms. The van der Waals surface area contributed by atoms with Crippen molar-refractivity contribution in [2.75, 3.05) is 29.4 Å². The van der Waals surface area contributed by atoms with Crippen molar-refractivity contribution < 1.29 is 14.3 Å². The van der Waals surface area contributed by atoms with Gasteiger partial charge in [0.1, 0.15) is 5.75 Å². The number of benzene rings is 1. The fourth-order valence-electron chi connectivity index (χ4n) is 1.87. The van der Waals surface area contributed by atoms with E-state index in [0.717, 1.165) is 11.6 Å². The van der Waals surface area contributed by atoms with Crippen LogP contribution in [0.25, 0.3) is 0 Å². The summed E-state index contributed by atoms with van der Waals surface area (Å²) in [6.07, 6.45) is 0. The van der Waals surface area contributed by atoms with E-state index in [1.807, 2.05) is 0 Å². The first kappa shape index (κ1) is 17.6. The molecular weight excluding hydrogens is 314 g/mol. The minimum atomic E-state index is -0.194. The third-order valence-corrected chi connectivity index (χ3v) is 3.75. The highest BCUT2D eigenvalue weighted by molar-refractivity contribution is 7.99. The Labute approximate surface area is 133 Å². The minimum absolute atomic E-state index is 0. The Hall–Kier alpha value is -1.44. The predicted octanol–water partition coefficient (Wildman–Crippen LogP) is 1.68. The maximum Gasteiger partial charge on any atom is 0.242 e. The zero-order valence-corrected chi connectivity index (χ0v) is 13.4. The standard InChI is InChI=1S/C13H17N3O3S.ClH/c1-8(17)15-10-5-9(3-4-12(10)19-2)16-13(18)11-6-20-7-14-11;/h3-5,11,14H,6-7H2,1-2H3,(H,15,17)(H,16,18);1H. The zero-order chi connectivity index (χ0) is 14.5. The molecule has 0 radical (unpaired) electrons. The fraction of sp³-hybridized carbons (Fsp3) is 0.385. The van der Waals surface area contributed by atoms with Crippen molar-refractivity contribution in [3.63, 3.8) is 0 Å². The van der Waals surface area contributed by atoms with Gasteiger partial charge in [0, 0.05) is 24.2 Å². The molecule has 1 atom stereocenters. The number of carbonyl (C=O) groups excluding carboxylic acids is 2. The molecule has 2 rings (SSSR count). The molecule has 21 heavy (non-hydrogen) atoms. The van der Waals surface area contributed by atoms with Crippen LogP contribution < -0.4 is 20.7 Å². The van der Waals surface area contributed by atoms with Gasteiger partial charge >= 0.3 is 0 Å². The summed E-state index contributed by atoms with van der Waals surface area (Å²) in [5.74, 6) is 1.83. The molecule has 0 saturated carbocycles. The van der Waals surface area contributed by atoms with Crippen LogP contribution in [-0.4, -0.2) is 36.6 Å². The van der Waals surface area contributed by atoms with E-state index in [4.69, 9.17) is 4.74 Å². The summed E-state index contributed by atoms with van der Waals surface area (Å²) in [6, 6.07) is 4.95. The number of nitrogens with one attached hydrogen (secondary N) is 3. The largest absolute Gasteiger partial charge is 0.495 e. The van der Waals surface area contributed by atoms with E-state index in [9.17, 15) is 9.59 Å². The predicted molar refractivity (Wildman–Crippen MR) is 87.4 cm³/mol. The van der Waals surface area contributed by atoms with Gasteiger partial charge in [-0.05, 0) is 18.2 Å². The normalized spacial score (nSPS) is 16.8. The Kier molecular flexibility index (Phi) is 6.80. The molecule has 1 aromatic rings. The summed E-state index contributed by atoms with van der Waals surface area (Å²) in [6.45, 7) is 1.42. The average molecular weight is 332 g/mol. The number of hydrogen-bond donors (Lipinski definition) is 3. The Balaban J connectivity index is 0.00000220. The summed E-state index contributed by atoms with van der Waals surface area (Å²) < 4.78 is 5.16. The summed E-state index contributed by atoms with van der Waals surface area (Å²) >= 11 is 1.69. The van der Waals surface area contributed by atoms with Gasteiger partial charge < -0.3 is 15.4 Å². The highest BCUT2D eigenvalue weighted by Crippen LogP contribution is 2.28. The van der Waals surface area contributed by atoms with E-state index in [-0.39, 0.29) is 30.3 Å². The molecular formula is C13H18ClN3O3S. The molecule has 1 heterocycles. The van der Waals surface area contributed by atoms with Crippen LogP contribution in [0.1, 0.15) is 6.92 Å². The number of carbonyl (C=O) groups is 2. The molecule has 116 valence electrons. The van der Waals surface area contributed by atoms with Crippen molar-refractivity contribution >= 4 is 47.4 Å². The Bertz CT molecular complexity index is 521. The third-order valence-electron chi connectivity index (χ3n) is 2.81. The molecule has 1 unspecified atom stereocenters. The number of ether oxygens (including phenoxy) is 1. The van der Waals surface area contributed by atoms with E-state index in [0.29, 0.717) is 17.1 Å². The van der Waals surface area contributed by atoms with Crippen LogP contribution >= 0.6 is 24.2 Å². The van der Waals surface area contributed by atoms with Crippen LogP contribution in [0.4, 0.5) is 11.4 Å². The highest BCUT2D eigenvalue weighted by Gasteiger charge is 2.22. The van der Waals surface area contributed by atoms with Crippen molar-refractivity contribution in [3.05, 3.63) is 18.2 Å². The first-order chi connectivity index (χ1) is 9.60. The highest BCUT2D eigenvalue weighted by atomic mass is 35.5. The lowest BCUT2D eigenvalue weighted by Crippen LogP contribution is -2.37. The number of hydrogen-bond acceptors (Lipinski definition) is 5. The van der Waals surface area contributed by atoms with Crippen LogP contribution in [0, 0.1) is 0 Å².